The van der Waals surface area contributed by atoms with E-state index >= 15 is 0 Å². The SMILES string of the molecule is CCC(=CCNCC1(C)CCOCC1)C(=O)OC. The molecule has 0 aromatic carbocycles. The number of ether oxygens (including phenoxy) is 2. The second kappa shape index (κ2) is 7.54. The molecule has 0 aliphatic carbocycles. The van der Waals surface area contributed by atoms with Crippen LogP contribution in [0.5, 0.6) is 0 Å². The topological polar surface area (TPSA) is 47.6 Å². The Morgan fingerprint density at radius 3 is 2.67 bits per heavy atom. The van der Waals surface area contributed by atoms with E-state index < -0.39 is 0 Å². The van der Waals surface area contributed by atoms with E-state index in [0.717, 1.165) is 38.2 Å². The minimum Gasteiger partial charge on any atom is -0.466 e. The lowest BCUT2D eigenvalue weighted by Crippen LogP contribution is -2.37. The first-order valence-electron chi connectivity index (χ1n) is 6.67. The van der Waals surface area contributed by atoms with Gasteiger partial charge in [0.25, 0.3) is 0 Å². The summed E-state index contributed by atoms with van der Waals surface area (Å²) in [6, 6.07) is 0. The van der Waals surface area contributed by atoms with Crippen molar-refractivity contribution in [3.8, 4) is 0 Å². The summed E-state index contributed by atoms with van der Waals surface area (Å²) in [5, 5.41) is 3.40. The van der Waals surface area contributed by atoms with Gasteiger partial charge in [0.1, 0.15) is 0 Å². The molecule has 1 rings (SSSR count). The van der Waals surface area contributed by atoms with Crippen LogP contribution in [0.25, 0.3) is 0 Å². The van der Waals surface area contributed by atoms with E-state index in [4.69, 9.17) is 9.47 Å². The van der Waals surface area contributed by atoms with Crippen molar-refractivity contribution in [2.45, 2.75) is 33.1 Å². The van der Waals surface area contributed by atoms with Gasteiger partial charge in [-0.15, -0.1) is 0 Å². The van der Waals surface area contributed by atoms with Crippen LogP contribution in [0.1, 0.15) is 33.1 Å². The van der Waals surface area contributed by atoms with Crippen molar-refractivity contribution < 1.29 is 14.3 Å². The maximum absolute atomic E-state index is 11.4. The fourth-order valence-corrected chi connectivity index (χ4v) is 2.11. The highest BCUT2D eigenvalue weighted by Gasteiger charge is 2.26. The molecule has 1 saturated heterocycles. The summed E-state index contributed by atoms with van der Waals surface area (Å²) < 4.78 is 10.1. The van der Waals surface area contributed by atoms with E-state index in [1.54, 1.807) is 0 Å². The molecule has 18 heavy (non-hydrogen) atoms. The predicted octanol–water partition coefficient (Wildman–Crippen LogP) is 1.90. The van der Waals surface area contributed by atoms with Crippen LogP contribution in [0.3, 0.4) is 0 Å². The minimum absolute atomic E-state index is 0.225. The van der Waals surface area contributed by atoms with Crippen LogP contribution in [0, 0.1) is 5.41 Å². The number of nitrogens with one attached hydrogen (secondary N) is 1. The van der Waals surface area contributed by atoms with Crippen LogP contribution in [0.4, 0.5) is 0 Å². The Kier molecular flexibility index (Phi) is 6.36. The number of carbonyl (C=O) groups excluding carboxylic acids is 1. The van der Waals surface area contributed by atoms with Gasteiger partial charge in [-0.05, 0) is 24.7 Å². The fourth-order valence-electron chi connectivity index (χ4n) is 2.11. The molecule has 1 heterocycles. The number of carbonyl (C=O) groups is 1. The first kappa shape index (κ1) is 15.2. The quantitative estimate of drug-likeness (QED) is 0.447. The molecule has 0 spiro atoms. The van der Waals surface area contributed by atoms with Crippen molar-refractivity contribution >= 4 is 5.97 Å². The van der Waals surface area contributed by atoms with E-state index in [9.17, 15) is 4.79 Å². The lowest BCUT2D eigenvalue weighted by molar-refractivity contribution is -0.136. The first-order chi connectivity index (χ1) is 8.61. The van der Waals surface area contributed by atoms with Crippen LogP contribution in [0.15, 0.2) is 11.6 Å². The third-order valence-corrected chi connectivity index (χ3v) is 3.57. The van der Waals surface area contributed by atoms with Gasteiger partial charge >= 0.3 is 5.97 Å². The van der Waals surface area contributed by atoms with Crippen molar-refractivity contribution in [1.29, 1.82) is 0 Å². The van der Waals surface area contributed by atoms with E-state index in [1.165, 1.54) is 7.11 Å². The maximum atomic E-state index is 11.4. The van der Waals surface area contributed by atoms with Gasteiger partial charge in [-0.1, -0.05) is 19.9 Å². The van der Waals surface area contributed by atoms with Crippen LogP contribution in [0.2, 0.25) is 0 Å². The molecule has 0 saturated carbocycles. The summed E-state index contributed by atoms with van der Waals surface area (Å²) in [5.41, 5.74) is 1.06. The number of methoxy groups -OCH3 is 1. The Bertz CT molecular complexity index is 293. The average Bonchev–Trinajstić information content (AvgIpc) is 2.39. The van der Waals surface area contributed by atoms with E-state index in [1.807, 2.05) is 13.0 Å². The summed E-state index contributed by atoms with van der Waals surface area (Å²) in [7, 11) is 1.42. The molecule has 0 bridgehead atoms. The molecular formula is C14H25NO3. The summed E-state index contributed by atoms with van der Waals surface area (Å²) >= 11 is 0. The minimum atomic E-state index is -0.225. The molecular weight excluding hydrogens is 230 g/mol. The number of rotatable bonds is 6. The molecule has 4 heteroatoms. The highest BCUT2D eigenvalue weighted by molar-refractivity contribution is 5.88. The summed E-state index contributed by atoms with van der Waals surface area (Å²) in [6.45, 7) is 7.64. The van der Waals surface area contributed by atoms with Crippen LogP contribution in [-0.4, -0.2) is 39.4 Å². The van der Waals surface area contributed by atoms with Gasteiger partial charge in [-0.25, -0.2) is 4.79 Å². The largest absolute Gasteiger partial charge is 0.466 e. The Morgan fingerprint density at radius 2 is 2.11 bits per heavy atom. The lowest BCUT2D eigenvalue weighted by atomic mass is 9.82. The monoisotopic (exact) mass is 255 g/mol. The third kappa shape index (κ3) is 4.78. The molecule has 0 unspecified atom stereocenters. The Hall–Kier alpha value is -0.870. The van der Waals surface area contributed by atoms with Crippen molar-refractivity contribution in [2.75, 3.05) is 33.4 Å². The first-order valence-corrected chi connectivity index (χ1v) is 6.67. The summed E-state index contributed by atoms with van der Waals surface area (Å²) in [6.07, 6.45) is 4.83. The molecule has 4 nitrogen and oxygen atoms in total. The zero-order chi connectivity index (χ0) is 13.4. The normalized spacial score (nSPS) is 19.6. The van der Waals surface area contributed by atoms with Gasteiger partial charge in [-0.3, -0.25) is 0 Å². The molecule has 0 radical (unpaired) electrons. The van der Waals surface area contributed by atoms with Crippen LogP contribution in [-0.2, 0) is 14.3 Å². The molecule has 1 fully saturated rings. The standard InChI is InChI=1S/C14H25NO3/c1-4-12(13(16)17-3)5-8-15-11-14(2)6-9-18-10-7-14/h5,15H,4,6-11H2,1-3H3. The van der Waals surface area contributed by atoms with Crippen LogP contribution >= 0.6 is 0 Å². The molecule has 0 atom stereocenters. The van der Waals surface area contributed by atoms with E-state index in [2.05, 4.69) is 12.2 Å². The van der Waals surface area contributed by atoms with Gasteiger partial charge < -0.3 is 14.8 Å². The highest BCUT2D eigenvalue weighted by atomic mass is 16.5. The molecule has 1 aliphatic heterocycles. The van der Waals surface area contributed by atoms with Gasteiger partial charge in [0.05, 0.1) is 7.11 Å². The van der Waals surface area contributed by atoms with E-state index in [-0.39, 0.29) is 5.97 Å². The second-order valence-electron chi connectivity index (χ2n) is 5.13. The summed E-state index contributed by atoms with van der Waals surface area (Å²) in [5.74, 6) is -0.225. The molecule has 1 N–H and O–H groups in total. The Balaban J connectivity index is 2.32. The molecule has 0 aromatic heterocycles. The Labute approximate surface area is 110 Å². The van der Waals surface area contributed by atoms with Crippen molar-refractivity contribution in [3.63, 3.8) is 0 Å². The maximum Gasteiger partial charge on any atom is 0.333 e. The van der Waals surface area contributed by atoms with Gasteiger partial charge in [-0.2, -0.15) is 0 Å². The number of esters is 1. The zero-order valence-corrected chi connectivity index (χ0v) is 11.8. The number of hydrogen-bond donors (Lipinski definition) is 1. The van der Waals surface area contributed by atoms with E-state index in [0.29, 0.717) is 18.4 Å². The van der Waals surface area contributed by atoms with Gasteiger partial charge in [0, 0.05) is 31.9 Å². The Morgan fingerprint density at radius 1 is 1.44 bits per heavy atom. The second-order valence-corrected chi connectivity index (χ2v) is 5.13. The smallest absolute Gasteiger partial charge is 0.333 e. The van der Waals surface area contributed by atoms with Crippen molar-refractivity contribution in [2.24, 2.45) is 5.41 Å². The average molecular weight is 255 g/mol. The van der Waals surface area contributed by atoms with Crippen molar-refractivity contribution in [3.05, 3.63) is 11.6 Å². The molecule has 0 aromatic rings. The molecule has 0 amide bonds. The highest BCUT2D eigenvalue weighted by Crippen LogP contribution is 2.28. The zero-order valence-electron chi connectivity index (χ0n) is 11.8. The van der Waals surface area contributed by atoms with Crippen molar-refractivity contribution in [1.82, 2.24) is 5.32 Å². The molecule has 104 valence electrons. The molecule has 1 aliphatic rings. The van der Waals surface area contributed by atoms with Crippen LogP contribution < -0.4 is 5.32 Å². The predicted molar refractivity (Wildman–Crippen MR) is 71.4 cm³/mol. The lowest BCUT2D eigenvalue weighted by Gasteiger charge is -2.33. The van der Waals surface area contributed by atoms with Gasteiger partial charge in [0.15, 0.2) is 0 Å². The summed E-state index contributed by atoms with van der Waals surface area (Å²) in [4.78, 5) is 11.4. The van der Waals surface area contributed by atoms with Gasteiger partial charge in [0.2, 0.25) is 0 Å². The number of hydrogen-bond acceptors (Lipinski definition) is 4. The fraction of sp³-hybridized carbons (Fsp3) is 0.786. The third-order valence-electron chi connectivity index (χ3n) is 3.57.